The molecule has 0 atom stereocenters. The summed E-state index contributed by atoms with van der Waals surface area (Å²) in [5.74, 6) is -1.99. The summed E-state index contributed by atoms with van der Waals surface area (Å²) in [7, 11) is 0. The number of amides is 1. The van der Waals surface area contributed by atoms with E-state index in [1.807, 2.05) is 0 Å². The van der Waals surface area contributed by atoms with Crippen LogP contribution in [0.15, 0.2) is 36.4 Å². The minimum Gasteiger partial charge on any atom is -0.452 e. The van der Waals surface area contributed by atoms with Crippen LogP contribution in [-0.2, 0) is 9.53 Å². The molecule has 0 bridgehead atoms. The van der Waals surface area contributed by atoms with Crippen molar-refractivity contribution in [3.05, 3.63) is 62.8 Å². The summed E-state index contributed by atoms with van der Waals surface area (Å²) in [6.07, 6.45) is 0. The third-order valence-corrected chi connectivity index (χ3v) is 3.74. The first-order valence-electron chi connectivity index (χ1n) is 6.24. The number of hydrogen-bond donors (Lipinski definition) is 1. The first-order valence-corrected chi connectivity index (χ1v) is 7.37. The molecule has 23 heavy (non-hydrogen) atoms. The zero-order chi connectivity index (χ0) is 17.0. The van der Waals surface area contributed by atoms with Crippen molar-refractivity contribution < 1.29 is 18.7 Å². The number of ether oxygens (including phenoxy) is 1. The molecule has 120 valence electrons. The Morgan fingerprint density at radius 3 is 2.39 bits per heavy atom. The largest absolute Gasteiger partial charge is 0.452 e. The standard InChI is InChI=1S/C15H9Cl3FNO3/c16-11-4-2-9(6-13(11)18)20-14(21)7-23-15(22)10-3-1-8(19)5-12(10)17/h1-6H,7H2,(H,20,21). The molecule has 2 aromatic rings. The van der Waals surface area contributed by atoms with Crippen LogP contribution < -0.4 is 5.32 Å². The van der Waals surface area contributed by atoms with Gasteiger partial charge in [0, 0.05) is 5.69 Å². The van der Waals surface area contributed by atoms with Crippen LogP contribution in [0.5, 0.6) is 0 Å². The summed E-state index contributed by atoms with van der Waals surface area (Å²) < 4.78 is 17.7. The number of benzene rings is 2. The first-order chi connectivity index (χ1) is 10.9. The van der Waals surface area contributed by atoms with Crippen LogP contribution in [0.3, 0.4) is 0 Å². The monoisotopic (exact) mass is 375 g/mol. The van der Waals surface area contributed by atoms with E-state index < -0.39 is 24.3 Å². The van der Waals surface area contributed by atoms with Crippen LogP contribution >= 0.6 is 34.8 Å². The molecule has 0 aromatic heterocycles. The molecular weight excluding hydrogens is 368 g/mol. The van der Waals surface area contributed by atoms with E-state index >= 15 is 0 Å². The van der Waals surface area contributed by atoms with Gasteiger partial charge in [-0.25, -0.2) is 9.18 Å². The lowest BCUT2D eigenvalue weighted by Crippen LogP contribution is -2.21. The fraction of sp³-hybridized carbons (Fsp3) is 0.0667. The van der Waals surface area contributed by atoms with Crippen LogP contribution in [0.4, 0.5) is 10.1 Å². The maximum Gasteiger partial charge on any atom is 0.340 e. The Balaban J connectivity index is 1.93. The highest BCUT2D eigenvalue weighted by atomic mass is 35.5. The van der Waals surface area contributed by atoms with Gasteiger partial charge < -0.3 is 10.1 Å². The van der Waals surface area contributed by atoms with Crippen molar-refractivity contribution in [2.24, 2.45) is 0 Å². The summed E-state index contributed by atoms with van der Waals surface area (Å²) in [5.41, 5.74) is 0.371. The lowest BCUT2D eigenvalue weighted by molar-refractivity contribution is -0.119. The Bertz CT molecular complexity index is 768. The van der Waals surface area contributed by atoms with E-state index in [0.717, 1.165) is 12.1 Å². The third kappa shape index (κ3) is 4.82. The van der Waals surface area contributed by atoms with Crippen molar-refractivity contribution in [3.8, 4) is 0 Å². The molecule has 0 aliphatic rings. The van der Waals surface area contributed by atoms with Crippen LogP contribution in [0, 0.1) is 5.82 Å². The molecule has 1 N–H and O–H groups in total. The second kappa shape index (κ2) is 7.64. The second-order valence-corrected chi connectivity index (χ2v) is 5.60. The molecule has 1 amide bonds. The molecule has 0 radical (unpaired) electrons. The van der Waals surface area contributed by atoms with Crippen molar-refractivity contribution in [2.45, 2.75) is 0 Å². The van der Waals surface area contributed by atoms with Gasteiger partial charge >= 0.3 is 5.97 Å². The second-order valence-electron chi connectivity index (χ2n) is 4.38. The summed E-state index contributed by atoms with van der Waals surface area (Å²) >= 11 is 17.3. The van der Waals surface area contributed by atoms with E-state index in [-0.39, 0.29) is 15.6 Å². The molecule has 0 saturated carbocycles. The highest BCUT2D eigenvalue weighted by Gasteiger charge is 2.14. The van der Waals surface area contributed by atoms with Gasteiger partial charge in [-0.05, 0) is 36.4 Å². The lowest BCUT2D eigenvalue weighted by Gasteiger charge is -2.08. The number of carbonyl (C=O) groups excluding carboxylic acids is 2. The lowest BCUT2D eigenvalue weighted by atomic mass is 10.2. The Labute approximate surface area is 146 Å². The average Bonchev–Trinajstić information content (AvgIpc) is 2.48. The van der Waals surface area contributed by atoms with Gasteiger partial charge in [0.25, 0.3) is 5.91 Å². The number of hydrogen-bond acceptors (Lipinski definition) is 3. The fourth-order valence-electron chi connectivity index (χ4n) is 1.63. The molecule has 8 heteroatoms. The molecule has 2 aromatic carbocycles. The SMILES string of the molecule is O=C(COC(=O)c1ccc(F)cc1Cl)Nc1ccc(Cl)c(Cl)c1. The summed E-state index contributed by atoms with van der Waals surface area (Å²) in [6, 6.07) is 7.75. The molecule has 0 aliphatic carbocycles. The minimum atomic E-state index is -0.834. The number of anilines is 1. The van der Waals surface area contributed by atoms with Gasteiger partial charge in [-0.15, -0.1) is 0 Å². The van der Waals surface area contributed by atoms with Crippen LogP contribution in [0.2, 0.25) is 15.1 Å². The maximum absolute atomic E-state index is 12.9. The average molecular weight is 377 g/mol. The molecular formula is C15H9Cl3FNO3. The number of carbonyl (C=O) groups is 2. The molecule has 0 saturated heterocycles. The van der Waals surface area contributed by atoms with E-state index in [1.165, 1.54) is 18.2 Å². The first kappa shape index (κ1) is 17.5. The molecule has 2 rings (SSSR count). The zero-order valence-corrected chi connectivity index (χ0v) is 13.7. The molecule has 0 unspecified atom stereocenters. The predicted octanol–water partition coefficient (Wildman–Crippen LogP) is 4.58. The Hall–Kier alpha value is -1.82. The number of esters is 1. The van der Waals surface area contributed by atoms with E-state index in [0.29, 0.717) is 10.7 Å². The Morgan fingerprint density at radius 2 is 1.74 bits per heavy atom. The van der Waals surface area contributed by atoms with Crippen LogP contribution in [0.1, 0.15) is 10.4 Å². The van der Waals surface area contributed by atoms with E-state index in [4.69, 9.17) is 39.5 Å². The fourth-order valence-corrected chi connectivity index (χ4v) is 2.18. The highest BCUT2D eigenvalue weighted by Crippen LogP contribution is 2.25. The van der Waals surface area contributed by atoms with Crippen molar-refractivity contribution in [3.63, 3.8) is 0 Å². The van der Waals surface area contributed by atoms with Gasteiger partial charge in [0.05, 0.1) is 20.6 Å². The van der Waals surface area contributed by atoms with Gasteiger partial charge in [0.15, 0.2) is 6.61 Å². The number of halogens is 4. The van der Waals surface area contributed by atoms with E-state index in [9.17, 15) is 14.0 Å². The third-order valence-electron chi connectivity index (χ3n) is 2.69. The van der Waals surface area contributed by atoms with Crippen molar-refractivity contribution in [1.82, 2.24) is 0 Å². The minimum absolute atomic E-state index is 0.0320. The topological polar surface area (TPSA) is 55.4 Å². The van der Waals surface area contributed by atoms with Crippen molar-refractivity contribution in [1.29, 1.82) is 0 Å². The summed E-state index contributed by atoms with van der Waals surface area (Å²) in [4.78, 5) is 23.5. The molecule has 0 heterocycles. The van der Waals surface area contributed by atoms with Gasteiger partial charge in [0.2, 0.25) is 0 Å². The van der Waals surface area contributed by atoms with Gasteiger partial charge in [-0.1, -0.05) is 34.8 Å². The molecule has 4 nitrogen and oxygen atoms in total. The van der Waals surface area contributed by atoms with Crippen molar-refractivity contribution >= 4 is 52.4 Å². The molecule has 0 fully saturated rings. The Morgan fingerprint density at radius 1 is 1.00 bits per heavy atom. The van der Waals surface area contributed by atoms with Crippen LogP contribution in [0.25, 0.3) is 0 Å². The zero-order valence-electron chi connectivity index (χ0n) is 11.4. The van der Waals surface area contributed by atoms with Gasteiger partial charge in [0.1, 0.15) is 5.82 Å². The van der Waals surface area contributed by atoms with Crippen LogP contribution in [-0.4, -0.2) is 18.5 Å². The van der Waals surface area contributed by atoms with Gasteiger partial charge in [-0.2, -0.15) is 0 Å². The summed E-state index contributed by atoms with van der Waals surface area (Å²) in [6.45, 7) is -0.535. The smallest absolute Gasteiger partial charge is 0.340 e. The van der Waals surface area contributed by atoms with E-state index in [1.54, 1.807) is 6.07 Å². The maximum atomic E-state index is 12.9. The highest BCUT2D eigenvalue weighted by molar-refractivity contribution is 6.42. The van der Waals surface area contributed by atoms with Crippen molar-refractivity contribution in [2.75, 3.05) is 11.9 Å². The summed E-state index contributed by atoms with van der Waals surface area (Å²) in [5, 5.41) is 3.02. The molecule has 0 spiro atoms. The normalized spacial score (nSPS) is 10.3. The predicted molar refractivity (Wildman–Crippen MR) is 86.8 cm³/mol. The number of rotatable bonds is 4. The van der Waals surface area contributed by atoms with Gasteiger partial charge in [-0.3, -0.25) is 4.79 Å². The van der Waals surface area contributed by atoms with E-state index in [2.05, 4.69) is 5.32 Å². The quantitative estimate of drug-likeness (QED) is 0.795. The molecule has 0 aliphatic heterocycles. The number of nitrogens with one attached hydrogen (secondary N) is 1. The Kier molecular flexibility index (Phi) is 5.82.